The number of aromatic nitrogens is 2. The van der Waals surface area contributed by atoms with Gasteiger partial charge in [-0.25, -0.2) is 4.98 Å². The molecule has 0 spiro atoms. The molecule has 2 aromatic carbocycles. The van der Waals surface area contributed by atoms with Crippen molar-refractivity contribution in [1.29, 1.82) is 0 Å². The maximum atomic E-state index is 12.3. The number of nitrogens with one attached hydrogen (secondary N) is 1. The summed E-state index contributed by atoms with van der Waals surface area (Å²) in [7, 11) is 0. The first-order chi connectivity index (χ1) is 11.2. The number of nitrogens with zero attached hydrogens (tertiary/aromatic N) is 1. The molecule has 1 N–H and O–H groups in total. The van der Waals surface area contributed by atoms with Crippen molar-refractivity contribution in [3.8, 4) is 22.9 Å². The minimum Gasteiger partial charge on any atom is -0.494 e. The van der Waals surface area contributed by atoms with Crippen LogP contribution in [0.1, 0.15) is 13.8 Å². The summed E-state index contributed by atoms with van der Waals surface area (Å²) < 4.78 is 11.2. The first-order valence-corrected chi connectivity index (χ1v) is 7.62. The van der Waals surface area contributed by atoms with Crippen molar-refractivity contribution in [3.05, 3.63) is 52.8 Å². The Kier molecular flexibility index (Phi) is 4.28. The maximum Gasteiger partial charge on any atom is 0.259 e. The second-order valence-electron chi connectivity index (χ2n) is 4.96. The van der Waals surface area contributed by atoms with Crippen LogP contribution in [0.3, 0.4) is 0 Å². The molecule has 5 heteroatoms. The highest BCUT2D eigenvalue weighted by molar-refractivity contribution is 5.80. The Morgan fingerprint density at radius 1 is 1.04 bits per heavy atom. The molecule has 3 rings (SSSR count). The van der Waals surface area contributed by atoms with Crippen molar-refractivity contribution in [2.45, 2.75) is 13.8 Å². The molecule has 0 atom stereocenters. The van der Waals surface area contributed by atoms with Crippen LogP contribution in [0.4, 0.5) is 0 Å². The van der Waals surface area contributed by atoms with Crippen LogP contribution < -0.4 is 15.0 Å². The Bertz CT molecular complexity index is 887. The fraction of sp³-hybridized carbons (Fsp3) is 0.222. The molecule has 0 fully saturated rings. The van der Waals surface area contributed by atoms with Gasteiger partial charge in [0.25, 0.3) is 5.56 Å². The lowest BCUT2D eigenvalue weighted by Crippen LogP contribution is -2.10. The van der Waals surface area contributed by atoms with E-state index in [0.29, 0.717) is 35.7 Å². The Hall–Kier alpha value is -2.82. The number of hydrogen-bond acceptors (Lipinski definition) is 4. The molecule has 23 heavy (non-hydrogen) atoms. The van der Waals surface area contributed by atoms with Crippen LogP contribution in [-0.2, 0) is 0 Å². The van der Waals surface area contributed by atoms with E-state index in [2.05, 4.69) is 9.97 Å². The van der Waals surface area contributed by atoms with E-state index in [9.17, 15) is 4.79 Å². The molecule has 0 amide bonds. The van der Waals surface area contributed by atoms with Crippen molar-refractivity contribution in [2.24, 2.45) is 0 Å². The molecule has 0 radical (unpaired) electrons. The summed E-state index contributed by atoms with van der Waals surface area (Å²) in [6, 6.07) is 12.8. The third kappa shape index (κ3) is 3.04. The van der Waals surface area contributed by atoms with Gasteiger partial charge in [-0.1, -0.05) is 12.1 Å². The van der Waals surface area contributed by atoms with Gasteiger partial charge in [0, 0.05) is 6.07 Å². The molecular formula is C18H18N2O3. The molecule has 118 valence electrons. The number of benzene rings is 2. The summed E-state index contributed by atoms with van der Waals surface area (Å²) in [6.45, 7) is 4.93. The summed E-state index contributed by atoms with van der Waals surface area (Å²) in [6.07, 6.45) is 0. The second-order valence-corrected chi connectivity index (χ2v) is 4.96. The van der Waals surface area contributed by atoms with Gasteiger partial charge in [0.1, 0.15) is 17.3 Å². The Morgan fingerprint density at radius 2 is 1.83 bits per heavy atom. The normalized spacial score (nSPS) is 10.7. The lowest BCUT2D eigenvalue weighted by molar-refractivity contribution is 0.324. The molecule has 0 aliphatic rings. The smallest absolute Gasteiger partial charge is 0.259 e. The molecule has 0 saturated heterocycles. The molecule has 0 saturated carbocycles. The standard InChI is InChI=1S/C18H18N2O3/c1-3-22-12-9-10-14(16(11-12)23-4-2)17-19-15-8-6-5-7-13(15)18(21)20-17/h5-11H,3-4H2,1-2H3,(H,19,20,21). The second kappa shape index (κ2) is 6.52. The van der Waals surface area contributed by atoms with Crippen LogP contribution in [0.2, 0.25) is 0 Å². The van der Waals surface area contributed by atoms with Gasteiger partial charge in [-0.15, -0.1) is 0 Å². The molecule has 0 aliphatic carbocycles. The predicted octanol–water partition coefficient (Wildman–Crippen LogP) is 3.39. The van der Waals surface area contributed by atoms with E-state index in [4.69, 9.17) is 9.47 Å². The van der Waals surface area contributed by atoms with Crippen LogP contribution in [-0.4, -0.2) is 23.2 Å². The average molecular weight is 310 g/mol. The molecule has 0 bridgehead atoms. The molecular weight excluding hydrogens is 292 g/mol. The minimum absolute atomic E-state index is 0.165. The fourth-order valence-corrected chi connectivity index (χ4v) is 2.44. The summed E-state index contributed by atoms with van der Waals surface area (Å²) >= 11 is 0. The highest BCUT2D eigenvalue weighted by Crippen LogP contribution is 2.31. The van der Waals surface area contributed by atoms with Crippen LogP contribution in [0.25, 0.3) is 22.3 Å². The number of hydrogen-bond donors (Lipinski definition) is 1. The predicted molar refractivity (Wildman–Crippen MR) is 90.1 cm³/mol. The van der Waals surface area contributed by atoms with Gasteiger partial charge in [-0.2, -0.15) is 0 Å². The van der Waals surface area contributed by atoms with Gasteiger partial charge >= 0.3 is 0 Å². The van der Waals surface area contributed by atoms with E-state index >= 15 is 0 Å². The van der Waals surface area contributed by atoms with E-state index < -0.39 is 0 Å². The Labute approximate surface area is 133 Å². The molecule has 5 nitrogen and oxygen atoms in total. The van der Waals surface area contributed by atoms with Crippen molar-refractivity contribution in [1.82, 2.24) is 9.97 Å². The molecule has 3 aromatic rings. The fourth-order valence-electron chi connectivity index (χ4n) is 2.44. The number of para-hydroxylation sites is 1. The van der Waals surface area contributed by atoms with Crippen molar-refractivity contribution in [3.63, 3.8) is 0 Å². The third-order valence-electron chi connectivity index (χ3n) is 3.43. The van der Waals surface area contributed by atoms with Crippen LogP contribution in [0.15, 0.2) is 47.3 Å². The first kappa shape index (κ1) is 15.1. The summed E-state index contributed by atoms with van der Waals surface area (Å²) in [5.41, 5.74) is 1.22. The number of ether oxygens (including phenoxy) is 2. The summed E-state index contributed by atoms with van der Waals surface area (Å²) in [5.74, 6) is 1.85. The monoisotopic (exact) mass is 310 g/mol. The van der Waals surface area contributed by atoms with Crippen LogP contribution in [0.5, 0.6) is 11.5 Å². The Balaban J connectivity index is 2.15. The largest absolute Gasteiger partial charge is 0.494 e. The lowest BCUT2D eigenvalue weighted by Gasteiger charge is -2.12. The quantitative estimate of drug-likeness (QED) is 0.784. The van der Waals surface area contributed by atoms with E-state index in [1.54, 1.807) is 6.07 Å². The number of rotatable bonds is 5. The van der Waals surface area contributed by atoms with Gasteiger partial charge < -0.3 is 14.5 Å². The van der Waals surface area contributed by atoms with Gasteiger partial charge in [0.2, 0.25) is 0 Å². The van der Waals surface area contributed by atoms with E-state index in [0.717, 1.165) is 11.3 Å². The zero-order valence-electron chi connectivity index (χ0n) is 13.1. The highest BCUT2D eigenvalue weighted by atomic mass is 16.5. The number of aromatic amines is 1. The highest BCUT2D eigenvalue weighted by Gasteiger charge is 2.12. The van der Waals surface area contributed by atoms with E-state index in [1.165, 1.54) is 0 Å². The van der Waals surface area contributed by atoms with Gasteiger partial charge in [0.15, 0.2) is 0 Å². The lowest BCUT2D eigenvalue weighted by atomic mass is 10.1. The van der Waals surface area contributed by atoms with Crippen LogP contribution >= 0.6 is 0 Å². The van der Waals surface area contributed by atoms with Gasteiger partial charge in [-0.05, 0) is 38.1 Å². The minimum atomic E-state index is -0.165. The summed E-state index contributed by atoms with van der Waals surface area (Å²) in [5, 5.41) is 0.570. The SMILES string of the molecule is CCOc1ccc(-c2nc3ccccc3c(=O)[nH]2)c(OCC)c1. The zero-order valence-corrected chi connectivity index (χ0v) is 13.1. The van der Waals surface area contributed by atoms with Crippen molar-refractivity contribution in [2.75, 3.05) is 13.2 Å². The van der Waals surface area contributed by atoms with E-state index in [1.807, 2.05) is 50.2 Å². The molecule has 1 heterocycles. The third-order valence-corrected chi connectivity index (χ3v) is 3.43. The molecule has 0 unspecified atom stereocenters. The molecule has 0 aliphatic heterocycles. The van der Waals surface area contributed by atoms with Gasteiger partial charge in [-0.3, -0.25) is 4.79 Å². The number of fused-ring (bicyclic) bond motifs is 1. The maximum absolute atomic E-state index is 12.3. The average Bonchev–Trinajstić information content (AvgIpc) is 2.56. The number of H-pyrrole nitrogens is 1. The van der Waals surface area contributed by atoms with Crippen molar-refractivity contribution >= 4 is 10.9 Å². The first-order valence-electron chi connectivity index (χ1n) is 7.62. The Morgan fingerprint density at radius 3 is 2.61 bits per heavy atom. The summed E-state index contributed by atoms with van der Waals surface area (Å²) in [4.78, 5) is 19.6. The van der Waals surface area contributed by atoms with E-state index in [-0.39, 0.29) is 5.56 Å². The molecule has 1 aromatic heterocycles. The zero-order chi connectivity index (χ0) is 16.2. The van der Waals surface area contributed by atoms with Gasteiger partial charge in [0.05, 0.1) is 29.7 Å². The topological polar surface area (TPSA) is 64.2 Å². The van der Waals surface area contributed by atoms with Crippen LogP contribution in [0, 0.1) is 0 Å². The van der Waals surface area contributed by atoms with Crippen molar-refractivity contribution < 1.29 is 9.47 Å².